The van der Waals surface area contributed by atoms with Gasteiger partial charge in [0.2, 0.25) is 0 Å². The van der Waals surface area contributed by atoms with E-state index in [0.29, 0.717) is 70.2 Å². The van der Waals surface area contributed by atoms with Crippen LogP contribution in [0.2, 0.25) is 0 Å². The minimum atomic E-state index is -0.0722. The number of phenols is 3. The third-order valence-corrected chi connectivity index (χ3v) is 6.31. The molecule has 4 nitrogen and oxygen atoms in total. The van der Waals surface area contributed by atoms with Crippen LogP contribution in [0.4, 0.5) is 0 Å². The predicted octanol–water partition coefficient (Wildman–Crippen LogP) is 1.56. The van der Waals surface area contributed by atoms with Crippen molar-refractivity contribution in [3.8, 4) is 23.0 Å². The molecule has 5 rings (SSSR count). The first-order chi connectivity index (χ1) is 15.5. The Kier molecular flexibility index (Phi) is 7.29. The molecule has 0 spiro atoms. The van der Waals surface area contributed by atoms with E-state index in [9.17, 15) is 20.4 Å². The molecule has 1 aliphatic rings. The van der Waals surface area contributed by atoms with E-state index in [1.165, 1.54) is 0 Å². The van der Waals surface area contributed by atoms with Crippen LogP contribution >= 0.6 is 0 Å². The maximum atomic E-state index is 13.2. The van der Waals surface area contributed by atoms with Gasteiger partial charge in [0, 0.05) is 25.7 Å². The maximum absolute atomic E-state index is 13.2. The summed E-state index contributed by atoms with van der Waals surface area (Å²) in [4.78, 5) is 0. The molecule has 160 valence electrons. The summed E-state index contributed by atoms with van der Waals surface area (Å²) >= 11 is 0. The second-order valence-corrected chi connectivity index (χ2v) is 8.39. The van der Waals surface area contributed by atoms with Gasteiger partial charge in [0.1, 0.15) is 17.2 Å². The molecule has 4 aromatic rings. The van der Waals surface area contributed by atoms with Crippen LogP contribution in [0.15, 0.2) is 72.8 Å². The second kappa shape index (κ2) is 10.0. The van der Waals surface area contributed by atoms with Crippen LogP contribution in [-0.2, 0) is 25.7 Å². The monoisotopic (exact) mass is 508 g/mol. The van der Waals surface area contributed by atoms with Crippen LogP contribution in [-0.4, -0.2) is 15.3 Å². The normalized spacial score (nSPS) is 12.6. The van der Waals surface area contributed by atoms with Gasteiger partial charge in [0.25, 0.3) is 0 Å². The van der Waals surface area contributed by atoms with E-state index in [4.69, 9.17) is 0 Å². The van der Waals surface area contributed by atoms with Crippen LogP contribution in [0.25, 0.3) is 0 Å². The quantitative estimate of drug-likeness (QED) is 0.296. The Morgan fingerprint density at radius 2 is 0.636 bits per heavy atom. The molecule has 0 amide bonds. The van der Waals surface area contributed by atoms with Crippen molar-refractivity contribution >= 4 is 0 Å². The summed E-state index contributed by atoms with van der Waals surface area (Å²) in [6.07, 6.45) is 1.33. The Bertz CT molecular complexity index is 1040. The number of hydrogen-bond donors (Lipinski definition) is 3. The molecule has 4 aromatic carbocycles. The zero-order chi connectivity index (χ0) is 22.2. The van der Waals surface area contributed by atoms with Crippen molar-refractivity contribution in [1.29, 1.82) is 0 Å². The first kappa shape index (κ1) is 24.0. The van der Waals surface area contributed by atoms with Gasteiger partial charge >= 0.3 is 58.2 Å². The summed E-state index contributed by atoms with van der Waals surface area (Å²) in [5.74, 6) is 0.396. The molecule has 0 aliphatic heterocycles. The van der Waals surface area contributed by atoms with Crippen molar-refractivity contribution in [2.24, 2.45) is 0 Å². The fourth-order valence-corrected chi connectivity index (χ4v) is 4.53. The first-order valence-corrected chi connectivity index (χ1v) is 10.7. The predicted molar refractivity (Wildman–Crippen MR) is 121 cm³/mol. The van der Waals surface area contributed by atoms with Crippen molar-refractivity contribution < 1.29 is 78.6 Å². The van der Waals surface area contributed by atoms with E-state index in [2.05, 4.69) is 0 Å². The minimum Gasteiger partial charge on any atom is -0.872 e. The minimum absolute atomic E-state index is 0. The summed E-state index contributed by atoms with van der Waals surface area (Å²) in [5.41, 5.74) is 5.32. The summed E-state index contributed by atoms with van der Waals surface area (Å²) in [7, 11) is 0. The maximum Gasteiger partial charge on any atom is 1.00 e. The number of benzene rings is 4. The molecule has 0 saturated heterocycles. The summed E-state index contributed by atoms with van der Waals surface area (Å²) in [6.45, 7) is 0. The zero-order valence-corrected chi connectivity index (χ0v) is 23.4. The van der Waals surface area contributed by atoms with Gasteiger partial charge in [0.05, 0.1) is 0 Å². The standard InChI is InChI=1S/C28H24O4.Rb/c29-25-17-5-1-6-18(25)14-20-8-3-10-22(27(20)31)16-24-12-4-11-23(28(24)32)15-21-9-2-7-19(13-17)26(21)30;/h1-12,29-32H,13-16H2;/q;+1/p-1. The largest absolute Gasteiger partial charge is 1.00 e. The van der Waals surface area contributed by atoms with Gasteiger partial charge in [-0.05, 0) is 33.4 Å². The van der Waals surface area contributed by atoms with Gasteiger partial charge in [-0.25, -0.2) is 0 Å². The number of hydrogen-bond acceptors (Lipinski definition) is 4. The van der Waals surface area contributed by atoms with Crippen molar-refractivity contribution in [2.45, 2.75) is 25.7 Å². The van der Waals surface area contributed by atoms with Crippen molar-refractivity contribution in [3.63, 3.8) is 0 Å². The number of para-hydroxylation sites is 4. The number of rotatable bonds is 0. The fraction of sp³-hybridized carbons (Fsp3) is 0.143. The van der Waals surface area contributed by atoms with E-state index in [1.54, 1.807) is 12.1 Å². The molecule has 0 fully saturated rings. The first-order valence-electron chi connectivity index (χ1n) is 10.7. The molecular weight excluding hydrogens is 486 g/mol. The van der Waals surface area contributed by atoms with Gasteiger partial charge in [-0.3, -0.25) is 0 Å². The van der Waals surface area contributed by atoms with E-state index >= 15 is 0 Å². The molecule has 3 N–H and O–H groups in total. The molecular formula is C28H23O4Rb. The average molecular weight is 509 g/mol. The van der Waals surface area contributed by atoms with Gasteiger partial charge < -0.3 is 20.4 Å². The molecule has 33 heavy (non-hydrogen) atoms. The van der Waals surface area contributed by atoms with Gasteiger partial charge in [0.15, 0.2) is 0 Å². The molecule has 0 unspecified atom stereocenters. The van der Waals surface area contributed by atoms with Crippen LogP contribution in [0.1, 0.15) is 44.5 Å². The number of phenolic OH excluding ortho intramolecular Hbond substituents is 3. The van der Waals surface area contributed by atoms with Crippen LogP contribution in [0.3, 0.4) is 0 Å². The molecule has 0 aromatic heterocycles. The van der Waals surface area contributed by atoms with E-state index in [1.807, 2.05) is 60.7 Å². The Hall–Kier alpha value is -2.11. The second-order valence-electron chi connectivity index (χ2n) is 8.39. The van der Waals surface area contributed by atoms with Crippen LogP contribution in [0.5, 0.6) is 23.0 Å². The molecule has 0 radical (unpaired) electrons. The Morgan fingerprint density at radius 3 is 0.909 bits per heavy atom. The molecule has 5 heteroatoms. The van der Waals surface area contributed by atoms with E-state index in [0.717, 1.165) is 0 Å². The fourth-order valence-electron chi connectivity index (χ4n) is 4.53. The van der Waals surface area contributed by atoms with Gasteiger partial charge in [-0.15, -0.1) is 5.75 Å². The smallest absolute Gasteiger partial charge is 0.872 e. The van der Waals surface area contributed by atoms with Crippen molar-refractivity contribution in [2.75, 3.05) is 0 Å². The molecule has 0 saturated carbocycles. The Balaban J connectivity index is 0.00000259. The number of fused-ring (bicyclic) bond motifs is 8. The molecule has 8 bridgehead atoms. The average Bonchev–Trinajstić information content (AvgIpc) is 2.78. The third kappa shape index (κ3) is 4.76. The van der Waals surface area contributed by atoms with Crippen molar-refractivity contribution in [1.82, 2.24) is 0 Å². The van der Waals surface area contributed by atoms with Crippen LogP contribution in [0, 0.1) is 0 Å². The van der Waals surface area contributed by atoms with E-state index < -0.39 is 0 Å². The Labute approximate surface area is 242 Å². The van der Waals surface area contributed by atoms with Gasteiger partial charge in [-0.2, -0.15) is 0 Å². The topological polar surface area (TPSA) is 83.8 Å². The number of aromatic hydroxyl groups is 3. The summed E-state index contributed by atoms with van der Waals surface area (Å²) in [6, 6.07) is 22.0. The third-order valence-electron chi connectivity index (χ3n) is 6.31. The molecule has 0 atom stereocenters. The summed E-state index contributed by atoms with van der Waals surface area (Å²) in [5, 5.41) is 46.0. The molecule has 0 heterocycles. The van der Waals surface area contributed by atoms with Crippen LogP contribution < -0.4 is 63.3 Å². The zero-order valence-electron chi connectivity index (χ0n) is 18.5. The SMILES string of the molecule is [O-]c1c2cccc1Cc1cccc(c1O)Cc1cccc(c1O)Cc1cccc(c1O)C2.[Rb+]. The van der Waals surface area contributed by atoms with Gasteiger partial charge in [-0.1, -0.05) is 83.9 Å². The Morgan fingerprint density at radius 1 is 0.424 bits per heavy atom. The summed E-state index contributed by atoms with van der Waals surface area (Å²) < 4.78 is 0. The molecule has 1 aliphatic carbocycles. The van der Waals surface area contributed by atoms with Crippen molar-refractivity contribution in [3.05, 3.63) is 117 Å². The van der Waals surface area contributed by atoms with E-state index in [-0.39, 0.29) is 81.2 Å².